The predicted octanol–water partition coefficient (Wildman–Crippen LogP) is 4.02. The number of rotatable bonds is 8. The first-order chi connectivity index (χ1) is 14.8. The molecule has 0 spiro atoms. The van der Waals surface area contributed by atoms with Crippen LogP contribution in [-0.2, 0) is 10.0 Å². The maximum atomic E-state index is 12.7. The van der Waals surface area contributed by atoms with Crippen molar-refractivity contribution < 1.29 is 17.9 Å². The molecule has 162 valence electrons. The van der Waals surface area contributed by atoms with Gasteiger partial charge in [0.2, 0.25) is 0 Å². The highest BCUT2D eigenvalue weighted by molar-refractivity contribution is 7.92. The summed E-state index contributed by atoms with van der Waals surface area (Å²) in [5, 5.41) is 2.89. The SMILES string of the molecule is Cc1ccccc1OCC(C)NC(=O)c1ccc(N(C)S(=O)(=O)c2ccccc2)cc1. The molecule has 0 heterocycles. The van der Waals surface area contributed by atoms with Gasteiger partial charge in [-0.25, -0.2) is 8.42 Å². The smallest absolute Gasteiger partial charge is 0.264 e. The fourth-order valence-corrected chi connectivity index (χ4v) is 4.21. The van der Waals surface area contributed by atoms with Gasteiger partial charge in [0, 0.05) is 12.6 Å². The van der Waals surface area contributed by atoms with Gasteiger partial charge in [-0.3, -0.25) is 9.10 Å². The molecule has 0 bridgehead atoms. The van der Waals surface area contributed by atoms with Crippen LogP contribution in [0.2, 0.25) is 0 Å². The Labute approximate surface area is 183 Å². The molecule has 1 amide bonds. The molecule has 0 aliphatic carbocycles. The first-order valence-electron chi connectivity index (χ1n) is 9.92. The van der Waals surface area contributed by atoms with Gasteiger partial charge in [0.05, 0.1) is 16.6 Å². The molecule has 0 aliphatic heterocycles. The minimum absolute atomic E-state index is 0.201. The van der Waals surface area contributed by atoms with E-state index in [4.69, 9.17) is 4.74 Å². The summed E-state index contributed by atoms with van der Waals surface area (Å²) in [6, 6.07) is 22.2. The van der Waals surface area contributed by atoms with Crippen LogP contribution in [0.1, 0.15) is 22.8 Å². The number of aryl methyl sites for hydroxylation is 1. The Hall–Kier alpha value is -3.32. The van der Waals surface area contributed by atoms with Gasteiger partial charge in [-0.1, -0.05) is 36.4 Å². The number of carbonyl (C=O) groups is 1. The van der Waals surface area contributed by atoms with Gasteiger partial charge >= 0.3 is 0 Å². The quantitative estimate of drug-likeness (QED) is 0.576. The second-order valence-electron chi connectivity index (χ2n) is 7.28. The summed E-state index contributed by atoms with van der Waals surface area (Å²) in [4.78, 5) is 12.7. The number of nitrogens with one attached hydrogen (secondary N) is 1. The van der Waals surface area contributed by atoms with Crippen LogP contribution in [0.25, 0.3) is 0 Å². The molecule has 0 aromatic heterocycles. The van der Waals surface area contributed by atoms with Gasteiger partial charge < -0.3 is 10.1 Å². The number of carbonyl (C=O) groups excluding carboxylic acids is 1. The number of sulfonamides is 1. The maximum Gasteiger partial charge on any atom is 0.264 e. The van der Waals surface area contributed by atoms with Crippen LogP contribution in [0, 0.1) is 6.92 Å². The lowest BCUT2D eigenvalue weighted by atomic mass is 10.2. The van der Waals surface area contributed by atoms with Crippen LogP contribution in [0.3, 0.4) is 0 Å². The van der Waals surface area contributed by atoms with Crippen molar-refractivity contribution in [2.45, 2.75) is 24.8 Å². The van der Waals surface area contributed by atoms with E-state index in [1.165, 1.54) is 11.4 Å². The number of ether oxygens (including phenoxy) is 1. The van der Waals surface area contributed by atoms with Crippen molar-refractivity contribution in [2.75, 3.05) is 18.0 Å². The van der Waals surface area contributed by atoms with Crippen molar-refractivity contribution in [3.63, 3.8) is 0 Å². The Morgan fingerprint density at radius 3 is 2.23 bits per heavy atom. The van der Waals surface area contributed by atoms with Crippen LogP contribution in [-0.4, -0.2) is 34.0 Å². The lowest BCUT2D eigenvalue weighted by Crippen LogP contribution is -2.36. The summed E-state index contributed by atoms with van der Waals surface area (Å²) in [5.74, 6) is 0.539. The lowest BCUT2D eigenvalue weighted by Gasteiger charge is -2.20. The minimum atomic E-state index is -3.67. The van der Waals surface area contributed by atoms with Gasteiger partial charge in [-0.2, -0.15) is 0 Å². The molecule has 6 nitrogen and oxygen atoms in total. The monoisotopic (exact) mass is 438 g/mol. The van der Waals surface area contributed by atoms with Gasteiger partial charge in [-0.15, -0.1) is 0 Å². The number of anilines is 1. The Kier molecular flexibility index (Phi) is 6.97. The largest absolute Gasteiger partial charge is 0.491 e. The Morgan fingerprint density at radius 2 is 1.58 bits per heavy atom. The molecular formula is C24H26N2O4S. The van der Waals surface area contributed by atoms with Gasteiger partial charge in [0.15, 0.2) is 0 Å². The molecule has 31 heavy (non-hydrogen) atoms. The fourth-order valence-electron chi connectivity index (χ4n) is 2.99. The zero-order valence-corrected chi connectivity index (χ0v) is 18.6. The third-order valence-electron chi connectivity index (χ3n) is 4.85. The average Bonchev–Trinajstić information content (AvgIpc) is 2.78. The Morgan fingerprint density at radius 1 is 0.968 bits per heavy atom. The van der Waals surface area contributed by atoms with E-state index in [-0.39, 0.29) is 16.8 Å². The van der Waals surface area contributed by atoms with E-state index >= 15 is 0 Å². The summed E-state index contributed by atoms with van der Waals surface area (Å²) in [6.45, 7) is 4.17. The summed E-state index contributed by atoms with van der Waals surface area (Å²) >= 11 is 0. The molecule has 7 heteroatoms. The maximum absolute atomic E-state index is 12.7. The molecule has 0 fully saturated rings. The van der Waals surface area contributed by atoms with E-state index < -0.39 is 10.0 Å². The predicted molar refractivity (Wildman–Crippen MR) is 122 cm³/mol. The van der Waals surface area contributed by atoms with E-state index in [0.717, 1.165) is 11.3 Å². The standard InChI is InChI=1S/C24H26N2O4S/c1-18-9-7-8-12-23(18)30-17-19(2)25-24(27)20-13-15-21(16-14-20)26(3)31(28,29)22-10-5-4-6-11-22/h4-16,19H,17H2,1-3H3,(H,25,27). The van der Waals surface area contributed by atoms with Crippen molar-refractivity contribution in [1.29, 1.82) is 0 Å². The summed E-state index contributed by atoms with van der Waals surface area (Å²) in [5.41, 5.74) is 1.94. The summed E-state index contributed by atoms with van der Waals surface area (Å²) < 4.78 is 32.5. The second-order valence-corrected chi connectivity index (χ2v) is 9.25. The third kappa shape index (κ3) is 5.44. The topological polar surface area (TPSA) is 75.7 Å². The molecule has 0 radical (unpaired) electrons. The van der Waals surface area contributed by atoms with Crippen LogP contribution in [0.4, 0.5) is 5.69 Å². The molecule has 1 N–H and O–H groups in total. The number of hydrogen-bond donors (Lipinski definition) is 1. The minimum Gasteiger partial charge on any atom is -0.491 e. The highest BCUT2D eigenvalue weighted by Gasteiger charge is 2.21. The molecular weight excluding hydrogens is 412 g/mol. The molecule has 0 aliphatic rings. The van der Waals surface area contributed by atoms with E-state index in [0.29, 0.717) is 17.9 Å². The highest BCUT2D eigenvalue weighted by Crippen LogP contribution is 2.22. The fraction of sp³-hybridized carbons (Fsp3) is 0.208. The van der Waals surface area contributed by atoms with E-state index in [1.807, 2.05) is 38.1 Å². The third-order valence-corrected chi connectivity index (χ3v) is 6.65. The summed E-state index contributed by atoms with van der Waals surface area (Å²) in [7, 11) is -2.18. The van der Waals surface area contributed by atoms with E-state index in [2.05, 4.69) is 5.32 Å². The van der Waals surface area contributed by atoms with Gasteiger partial charge in [0.25, 0.3) is 15.9 Å². The molecule has 1 unspecified atom stereocenters. The molecule has 3 aromatic carbocycles. The first kappa shape index (κ1) is 22.4. The van der Waals surface area contributed by atoms with Crippen LogP contribution in [0.15, 0.2) is 83.8 Å². The number of amides is 1. The van der Waals surface area contributed by atoms with Crippen LogP contribution >= 0.6 is 0 Å². The number of nitrogens with zero attached hydrogens (tertiary/aromatic N) is 1. The van der Waals surface area contributed by atoms with Crippen molar-refractivity contribution in [2.24, 2.45) is 0 Å². The van der Waals surface area contributed by atoms with Crippen molar-refractivity contribution in [1.82, 2.24) is 5.32 Å². The summed E-state index contributed by atoms with van der Waals surface area (Å²) in [6.07, 6.45) is 0. The van der Waals surface area contributed by atoms with Crippen LogP contribution in [0.5, 0.6) is 5.75 Å². The Balaban J connectivity index is 1.61. The van der Waals surface area contributed by atoms with Crippen molar-refractivity contribution >= 4 is 21.6 Å². The normalized spacial score (nSPS) is 12.1. The molecule has 3 aromatic rings. The second kappa shape index (κ2) is 9.66. The average molecular weight is 439 g/mol. The van der Waals surface area contributed by atoms with E-state index in [9.17, 15) is 13.2 Å². The van der Waals surface area contributed by atoms with Crippen molar-refractivity contribution in [3.8, 4) is 5.75 Å². The van der Waals surface area contributed by atoms with Crippen LogP contribution < -0.4 is 14.4 Å². The van der Waals surface area contributed by atoms with Gasteiger partial charge in [-0.05, 0) is 61.9 Å². The van der Waals surface area contributed by atoms with E-state index in [1.54, 1.807) is 54.6 Å². The molecule has 3 rings (SSSR count). The number of benzene rings is 3. The number of para-hydroxylation sites is 1. The zero-order valence-electron chi connectivity index (χ0n) is 17.8. The molecule has 1 atom stereocenters. The molecule has 0 saturated heterocycles. The highest BCUT2D eigenvalue weighted by atomic mass is 32.2. The van der Waals surface area contributed by atoms with Gasteiger partial charge in [0.1, 0.15) is 12.4 Å². The lowest BCUT2D eigenvalue weighted by molar-refractivity contribution is 0.0926. The zero-order chi connectivity index (χ0) is 22.4. The molecule has 0 saturated carbocycles. The Bertz CT molecular complexity index is 1130. The number of hydrogen-bond acceptors (Lipinski definition) is 4. The first-order valence-corrected chi connectivity index (χ1v) is 11.4. The van der Waals surface area contributed by atoms with Crippen molar-refractivity contribution in [3.05, 3.63) is 90.0 Å².